The van der Waals surface area contributed by atoms with Crippen molar-refractivity contribution in [2.24, 2.45) is 0 Å². The Labute approximate surface area is 154 Å². The Kier molecular flexibility index (Phi) is 6.76. The van der Waals surface area contributed by atoms with E-state index in [4.69, 9.17) is 9.47 Å². The third-order valence-electron chi connectivity index (χ3n) is 4.25. The number of methoxy groups -OCH3 is 2. The fraction of sp³-hybridized carbons (Fsp3) is 0.300. The van der Waals surface area contributed by atoms with Crippen molar-refractivity contribution in [1.82, 2.24) is 0 Å². The monoisotopic (exact) mass is 374 g/mol. The van der Waals surface area contributed by atoms with Crippen molar-refractivity contribution >= 4 is 19.1 Å². The summed E-state index contributed by atoms with van der Waals surface area (Å²) in [5, 5.41) is 0. The Hall–Kier alpha value is -2.39. The van der Waals surface area contributed by atoms with E-state index in [2.05, 4.69) is 0 Å². The SMILES string of the molecule is COc1cccc(OC)c1C(=O)[PH](=O)CCC(=O)c1c(C)cccc1C. The maximum atomic E-state index is 12.6. The number of ketones is 1. The van der Waals surface area contributed by atoms with Crippen LogP contribution in [-0.2, 0) is 4.57 Å². The molecule has 0 radical (unpaired) electrons. The summed E-state index contributed by atoms with van der Waals surface area (Å²) in [6.07, 6.45) is 0.0873. The Morgan fingerprint density at radius 1 is 0.885 bits per heavy atom. The molecule has 2 rings (SSSR count). The molecule has 0 heterocycles. The summed E-state index contributed by atoms with van der Waals surface area (Å²) < 4.78 is 22.9. The molecule has 5 nitrogen and oxygen atoms in total. The molecule has 0 saturated heterocycles. The molecule has 0 spiro atoms. The largest absolute Gasteiger partial charge is 0.496 e. The molecule has 1 unspecified atom stereocenters. The highest BCUT2D eigenvalue weighted by molar-refractivity contribution is 7.64. The molecule has 0 aliphatic carbocycles. The summed E-state index contributed by atoms with van der Waals surface area (Å²) >= 11 is 0. The van der Waals surface area contributed by atoms with Crippen molar-refractivity contribution in [3.63, 3.8) is 0 Å². The molecule has 0 bridgehead atoms. The Morgan fingerprint density at radius 2 is 1.38 bits per heavy atom. The van der Waals surface area contributed by atoms with Gasteiger partial charge in [-0.1, -0.05) is 24.3 Å². The van der Waals surface area contributed by atoms with Gasteiger partial charge >= 0.3 is 0 Å². The van der Waals surface area contributed by atoms with E-state index in [1.807, 2.05) is 32.0 Å². The molecule has 26 heavy (non-hydrogen) atoms. The van der Waals surface area contributed by atoms with Crippen molar-refractivity contribution in [3.8, 4) is 11.5 Å². The van der Waals surface area contributed by atoms with Crippen molar-refractivity contribution in [2.75, 3.05) is 20.4 Å². The first-order valence-electron chi connectivity index (χ1n) is 8.28. The second kappa shape index (κ2) is 8.81. The number of Topliss-reactive ketones (excluding diaryl/α,β-unsaturated/α-hetero) is 1. The van der Waals surface area contributed by atoms with Gasteiger partial charge in [0.05, 0.1) is 14.2 Å². The van der Waals surface area contributed by atoms with E-state index in [1.165, 1.54) is 14.2 Å². The standard InChI is InChI=1S/C20H23O5P/c1-13-7-5-8-14(2)18(13)15(21)11-12-26(23)20(22)19-16(24-3)9-6-10-17(19)25-4/h5-10,26H,11-12H2,1-4H3. The van der Waals surface area contributed by atoms with E-state index >= 15 is 0 Å². The number of benzene rings is 2. The van der Waals surface area contributed by atoms with Gasteiger partial charge in [-0.2, -0.15) is 0 Å². The van der Waals surface area contributed by atoms with Gasteiger partial charge in [0.15, 0.2) is 5.78 Å². The highest BCUT2D eigenvalue weighted by Gasteiger charge is 2.24. The van der Waals surface area contributed by atoms with Crippen LogP contribution in [0, 0.1) is 13.8 Å². The topological polar surface area (TPSA) is 69.7 Å². The summed E-state index contributed by atoms with van der Waals surface area (Å²) in [6, 6.07) is 10.6. The number of hydrogen-bond acceptors (Lipinski definition) is 5. The van der Waals surface area contributed by atoms with Crippen molar-refractivity contribution in [1.29, 1.82) is 0 Å². The maximum absolute atomic E-state index is 12.6. The average Bonchev–Trinajstić information content (AvgIpc) is 2.64. The van der Waals surface area contributed by atoms with Gasteiger partial charge in [0.25, 0.3) is 0 Å². The van der Waals surface area contributed by atoms with E-state index in [0.29, 0.717) is 17.1 Å². The molecular formula is C20H23O5P. The van der Waals surface area contributed by atoms with Crippen LogP contribution in [-0.4, -0.2) is 31.7 Å². The lowest BCUT2D eigenvalue weighted by Gasteiger charge is -2.12. The van der Waals surface area contributed by atoms with Gasteiger partial charge < -0.3 is 14.0 Å². The van der Waals surface area contributed by atoms with Crippen LogP contribution in [0.3, 0.4) is 0 Å². The minimum atomic E-state index is -2.68. The Bertz CT molecular complexity index is 815. The van der Waals surface area contributed by atoms with E-state index in [-0.39, 0.29) is 23.9 Å². The second-order valence-corrected chi connectivity index (χ2v) is 7.78. The summed E-state index contributed by atoms with van der Waals surface area (Å²) in [5.74, 6) is 0.529. The Balaban J connectivity index is 2.16. The fourth-order valence-electron chi connectivity index (χ4n) is 2.93. The minimum absolute atomic E-state index is 0.0251. The first kappa shape index (κ1) is 19.9. The molecule has 0 amide bonds. The summed E-state index contributed by atoms with van der Waals surface area (Å²) in [4.78, 5) is 25.2. The summed E-state index contributed by atoms with van der Waals surface area (Å²) in [5.41, 5.74) is 2.05. The zero-order valence-corrected chi connectivity index (χ0v) is 16.4. The Morgan fingerprint density at radius 3 is 1.88 bits per heavy atom. The highest BCUT2D eigenvalue weighted by Crippen LogP contribution is 2.37. The molecule has 1 atom stereocenters. The lowest BCUT2D eigenvalue weighted by atomic mass is 9.98. The third kappa shape index (κ3) is 4.23. The average molecular weight is 374 g/mol. The molecule has 0 N–H and O–H groups in total. The van der Waals surface area contributed by atoms with Gasteiger partial charge in [0.2, 0.25) is 5.52 Å². The number of carbonyl (C=O) groups is 2. The van der Waals surface area contributed by atoms with Crippen LogP contribution in [0.5, 0.6) is 11.5 Å². The molecule has 6 heteroatoms. The van der Waals surface area contributed by atoms with Crippen LogP contribution in [0.2, 0.25) is 0 Å². The molecule has 0 aromatic heterocycles. The molecule has 0 aliphatic heterocycles. The maximum Gasteiger partial charge on any atom is 0.225 e. The molecular weight excluding hydrogens is 351 g/mol. The van der Waals surface area contributed by atoms with Crippen molar-refractivity contribution in [2.45, 2.75) is 20.3 Å². The number of carbonyl (C=O) groups excluding carboxylic acids is 2. The van der Waals surface area contributed by atoms with E-state index < -0.39 is 13.3 Å². The van der Waals surface area contributed by atoms with Crippen LogP contribution in [0.4, 0.5) is 0 Å². The molecule has 2 aromatic carbocycles. The van der Waals surface area contributed by atoms with Gasteiger partial charge in [-0.25, -0.2) is 0 Å². The van der Waals surface area contributed by atoms with E-state index in [1.54, 1.807) is 18.2 Å². The van der Waals surface area contributed by atoms with Crippen molar-refractivity contribution < 1.29 is 23.6 Å². The number of ether oxygens (including phenoxy) is 2. The third-order valence-corrected chi connectivity index (χ3v) is 5.71. The smallest absolute Gasteiger partial charge is 0.225 e. The van der Waals surface area contributed by atoms with Crippen LogP contribution in [0.25, 0.3) is 0 Å². The lowest BCUT2D eigenvalue weighted by molar-refractivity contribution is 0.0988. The highest BCUT2D eigenvalue weighted by atomic mass is 31.1. The molecule has 138 valence electrons. The minimum Gasteiger partial charge on any atom is -0.496 e. The van der Waals surface area contributed by atoms with Crippen LogP contribution in [0.1, 0.15) is 38.3 Å². The predicted molar refractivity (Wildman–Crippen MR) is 103 cm³/mol. The summed E-state index contributed by atoms with van der Waals surface area (Å²) in [6.45, 7) is 3.74. The number of rotatable bonds is 8. The van der Waals surface area contributed by atoms with Gasteiger partial charge in [-0.05, 0) is 37.1 Å². The van der Waals surface area contributed by atoms with Crippen LogP contribution >= 0.6 is 7.80 Å². The van der Waals surface area contributed by atoms with Gasteiger partial charge in [-0.3, -0.25) is 9.59 Å². The van der Waals surface area contributed by atoms with Crippen LogP contribution < -0.4 is 9.47 Å². The molecule has 0 aliphatic rings. The quantitative estimate of drug-likeness (QED) is 0.509. The fourth-order valence-corrected chi connectivity index (χ4v) is 4.14. The van der Waals surface area contributed by atoms with Crippen LogP contribution in [0.15, 0.2) is 36.4 Å². The van der Waals surface area contributed by atoms with Gasteiger partial charge in [0, 0.05) is 18.1 Å². The zero-order chi connectivity index (χ0) is 19.3. The first-order chi connectivity index (χ1) is 12.4. The zero-order valence-electron chi connectivity index (χ0n) is 15.4. The van der Waals surface area contributed by atoms with E-state index in [9.17, 15) is 14.2 Å². The van der Waals surface area contributed by atoms with Gasteiger partial charge in [-0.15, -0.1) is 0 Å². The normalized spacial score (nSPS) is 11.7. The van der Waals surface area contributed by atoms with E-state index in [0.717, 1.165) is 11.1 Å². The second-order valence-electron chi connectivity index (χ2n) is 5.98. The molecule has 2 aromatic rings. The van der Waals surface area contributed by atoms with Gasteiger partial charge in [0.1, 0.15) is 24.9 Å². The predicted octanol–water partition coefficient (Wildman–Crippen LogP) is 4.29. The number of aryl methyl sites for hydroxylation is 2. The summed E-state index contributed by atoms with van der Waals surface area (Å²) in [7, 11) is 0.195. The molecule has 0 fully saturated rings. The molecule has 0 saturated carbocycles. The lowest BCUT2D eigenvalue weighted by Crippen LogP contribution is -2.08. The number of hydrogen-bond donors (Lipinski definition) is 0. The van der Waals surface area contributed by atoms with Crippen molar-refractivity contribution in [3.05, 3.63) is 58.7 Å². The first-order valence-corrected chi connectivity index (χ1v) is 9.90.